The number of nitrogens with zero attached hydrogens (tertiary/aromatic N) is 1. The number of carbonyl (C=O) groups excluding carboxylic acids is 1. The van der Waals surface area contributed by atoms with Gasteiger partial charge in [-0.25, -0.2) is 0 Å². The molecule has 3 unspecified atom stereocenters. The first-order valence-corrected chi connectivity index (χ1v) is 12.9. The van der Waals surface area contributed by atoms with Crippen LogP contribution in [-0.4, -0.2) is 16.5 Å². The quantitative estimate of drug-likeness (QED) is 0.551. The third kappa shape index (κ3) is 3.65. The second-order valence-corrected chi connectivity index (χ2v) is 12.1. The summed E-state index contributed by atoms with van der Waals surface area (Å²) < 4.78 is 0. The highest BCUT2D eigenvalue weighted by Gasteiger charge is 2.61. The van der Waals surface area contributed by atoms with Crippen molar-refractivity contribution < 1.29 is 9.90 Å². The lowest BCUT2D eigenvalue weighted by atomic mass is 9.44. The number of hydrogen-bond donors (Lipinski definition) is 1. The largest absolute Gasteiger partial charge is 0.378 e. The van der Waals surface area contributed by atoms with Crippen LogP contribution in [0.1, 0.15) is 89.7 Å². The van der Waals surface area contributed by atoms with Gasteiger partial charge in [-0.15, -0.1) is 0 Å². The number of Topliss-reactive ketones (excluding diaryl/α,β-unsaturated/α-hetero) is 1. The Labute approximate surface area is 199 Å². The van der Waals surface area contributed by atoms with Crippen molar-refractivity contribution in [2.75, 3.05) is 0 Å². The molecule has 1 aromatic rings. The number of hydrogen-bond acceptors (Lipinski definition) is 3. The molecule has 4 fully saturated rings. The van der Waals surface area contributed by atoms with Gasteiger partial charge in [0.05, 0.1) is 11.6 Å². The Morgan fingerprint density at radius 3 is 2.33 bits per heavy atom. The zero-order valence-corrected chi connectivity index (χ0v) is 20.4. The average Bonchev–Trinajstić information content (AvgIpc) is 3.16. The van der Waals surface area contributed by atoms with Crippen LogP contribution in [0.5, 0.6) is 0 Å². The number of rotatable bonds is 1. The highest BCUT2D eigenvalue weighted by atomic mass is 16.3. The fraction of sp³-hybridized carbons (Fsp3) is 0.667. The van der Waals surface area contributed by atoms with Gasteiger partial charge in [0.1, 0.15) is 11.4 Å². The van der Waals surface area contributed by atoms with E-state index >= 15 is 0 Å². The maximum Gasteiger partial charge on any atom is 0.133 e. The Hall–Kier alpha value is -2.10. The summed E-state index contributed by atoms with van der Waals surface area (Å²) in [6.07, 6.45) is 9.71. The SMILES string of the molecule is CC(=O)[C@H]1CCC2C3CC[C@@H]4C[C@@](O)(C#Cc5ccc(C#N)cc5)CC[C@]4(C)C3CC[C@@]21C. The minimum absolute atomic E-state index is 0.207. The van der Waals surface area contributed by atoms with E-state index in [0.717, 1.165) is 43.1 Å². The summed E-state index contributed by atoms with van der Waals surface area (Å²) in [6, 6.07) is 9.42. The van der Waals surface area contributed by atoms with Crippen molar-refractivity contribution in [1.29, 1.82) is 5.26 Å². The first-order chi connectivity index (χ1) is 15.7. The molecule has 4 saturated carbocycles. The molecular formula is C30H37NO2. The molecule has 0 bridgehead atoms. The van der Waals surface area contributed by atoms with E-state index in [1.807, 2.05) is 19.1 Å². The maximum absolute atomic E-state index is 12.4. The molecule has 3 heteroatoms. The van der Waals surface area contributed by atoms with Gasteiger partial charge in [0.15, 0.2) is 0 Å². The summed E-state index contributed by atoms with van der Waals surface area (Å²) in [5.41, 5.74) is 1.05. The zero-order chi connectivity index (χ0) is 23.4. The van der Waals surface area contributed by atoms with Gasteiger partial charge in [-0.05, 0) is 123 Å². The number of benzene rings is 1. The molecule has 0 heterocycles. The van der Waals surface area contributed by atoms with Gasteiger partial charge in [-0.3, -0.25) is 4.79 Å². The van der Waals surface area contributed by atoms with Gasteiger partial charge < -0.3 is 5.11 Å². The van der Waals surface area contributed by atoms with E-state index in [4.69, 9.17) is 5.26 Å². The first kappa shape index (κ1) is 22.7. The van der Waals surface area contributed by atoms with E-state index in [1.165, 1.54) is 32.1 Å². The summed E-state index contributed by atoms with van der Waals surface area (Å²) in [5.74, 6) is 9.74. The van der Waals surface area contributed by atoms with Gasteiger partial charge in [0, 0.05) is 11.5 Å². The van der Waals surface area contributed by atoms with Crippen LogP contribution < -0.4 is 0 Å². The van der Waals surface area contributed by atoms with E-state index in [1.54, 1.807) is 12.1 Å². The van der Waals surface area contributed by atoms with Crippen LogP contribution in [0.25, 0.3) is 0 Å². The molecular weight excluding hydrogens is 406 g/mol. The molecule has 174 valence electrons. The predicted molar refractivity (Wildman–Crippen MR) is 129 cm³/mol. The van der Waals surface area contributed by atoms with Crippen molar-refractivity contribution in [2.45, 2.75) is 84.2 Å². The van der Waals surface area contributed by atoms with E-state index < -0.39 is 5.60 Å². The Kier molecular flexibility index (Phi) is 5.49. The lowest BCUT2D eigenvalue weighted by molar-refractivity contribution is -0.144. The first-order valence-electron chi connectivity index (χ1n) is 12.9. The highest BCUT2D eigenvalue weighted by molar-refractivity contribution is 5.79. The van der Waals surface area contributed by atoms with E-state index in [9.17, 15) is 9.90 Å². The summed E-state index contributed by atoms with van der Waals surface area (Å²) in [5, 5.41) is 20.4. The Morgan fingerprint density at radius 1 is 0.939 bits per heavy atom. The van der Waals surface area contributed by atoms with Crippen molar-refractivity contribution in [3.8, 4) is 17.9 Å². The van der Waals surface area contributed by atoms with Crippen molar-refractivity contribution in [1.82, 2.24) is 0 Å². The average molecular weight is 444 g/mol. The highest BCUT2D eigenvalue weighted by Crippen LogP contribution is 2.68. The maximum atomic E-state index is 12.4. The molecule has 0 radical (unpaired) electrons. The molecule has 3 nitrogen and oxygen atoms in total. The van der Waals surface area contributed by atoms with Crippen molar-refractivity contribution >= 4 is 5.78 Å². The second-order valence-electron chi connectivity index (χ2n) is 12.1. The molecule has 4 aliphatic carbocycles. The molecule has 0 amide bonds. The second kappa shape index (κ2) is 7.99. The lowest BCUT2D eigenvalue weighted by Gasteiger charge is -2.61. The predicted octanol–water partition coefficient (Wildman–Crippen LogP) is 5.89. The third-order valence-electron chi connectivity index (χ3n) is 10.7. The third-order valence-corrected chi connectivity index (χ3v) is 10.7. The van der Waals surface area contributed by atoms with Gasteiger partial charge in [-0.1, -0.05) is 25.7 Å². The fourth-order valence-electron chi connectivity index (χ4n) is 8.84. The topological polar surface area (TPSA) is 61.1 Å². The van der Waals surface area contributed by atoms with Gasteiger partial charge >= 0.3 is 0 Å². The number of ketones is 1. The van der Waals surface area contributed by atoms with Crippen LogP contribution in [0.2, 0.25) is 0 Å². The number of aliphatic hydroxyl groups is 1. The van der Waals surface area contributed by atoms with E-state index in [0.29, 0.717) is 23.2 Å². The Balaban J connectivity index is 1.33. The summed E-state index contributed by atoms with van der Waals surface area (Å²) in [6.45, 7) is 6.73. The molecule has 1 aromatic carbocycles. The van der Waals surface area contributed by atoms with Crippen LogP contribution in [0.4, 0.5) is 0 Å². The monoisotopic (exact) mass is 443 g/mol. The van der Waals surface area contributed by atoms with Crippen LogP contribution in [0.15, 0.2) is 24.3 Å². The summed E-state index contributed by atoms with van der Waals surface area (Å²) in [4.78, 5) is 12.4. The fourth-order valence-corrected chi connectivity index (χ4v) is 8.84. The van der Waals surface area contributed by atoms with Crippen LogP contribution in [0, 0.1) is 63.6 Å². The zero-order valence-electron chi connectivity index (χ0n) is 20.4. The van der Waals surface area contributed by atoms with E-state index in [2.05, 4.69) is 31.8 Å². The van der Waals surface area contributed by atoms with Crippen LogP contribution in [-0.2, 0) is 4.79 Å². The molecule has 1 N–H and O–H groups in total. The Bertz CT molecular complexity index is 1040. The van der Waals surface area contributed by atoms with Crippen molar-refractivity contribution in [3.63, 3.8) is 0 Å². The minimum Gasteiger partial charge on any atom is -0.378 e. The number of fused-ring (bicyclic) bond motifs is 5. The Morgan fingerprint density at radius 2 is 1.64 bits per heavy atom. The molecule has 5 rings (SSSR count). The molecule has 0 aliphatic heterocycles. The molecule has 0 aromatic heterocycles. The van der Waals surface area contributed by atoms with Crippen molar-refractivity contribution in [2.24, 2.45) is 40.4 Å². The normalized spacial score (nSPS) is 43.8. The molecule has 4 aliphatic rings. The summed E-state index contributed by atoms with van der Waals surface area (Å²) in [7, 11) is 0. The summed E-state index contributed by atoms with van der Waals surface area (Å²) >= 11 is 0. The van der Waals surface area contributed by atoms with Crippen LogP contribution >= 0.6 is 0 Å². The molecule has 8 atom stereocenters. The lowest BCUT2D eigenvalue weighted by Crippen LogP contribution is -2.56. The smallest absolute Gasteiger partial charge is 0.133 e. The van der Waals surface area contributed by atoms with E-state index in [-0.39, 0.29) is 16.7 Å². The number of nitriles is 1. The minimum atomic E-state index is -0.915. The van der Waals surface area contributed by atoms with Gasteiger partial charge in [-0.2, -0.15) is 5.26 Å². The van der Waals surface area contributed by atoms with Gasteiger partial charge in [0.2, 0.25) is 0 Å². The number of carbonyl (C=O) groups is 1. The molecule has 0 spiro atoms. The standard InChI is InChI=1S/C30H37NO2/c1-20(32)25-10-11-26-24-9-8-23-18-30(33,15-12-21-4-6-22(19-31)7-5-21)17-16-28(23,2)27(24)13-14-29(25,26)3/h4-7,23-27,33H,8-11,13-14,16-18H2,1-3H3/t23-,24?,25-,26?,27?,28+,29-,30-/m1/s1. The van der Waals surface area contributed by atoms with Gasteiger partial charge in [0.25, 0.3) is 0 Å². The molecule has 33 heavy (non-hydrogen) atoms. The van der Waals surface area contributed by atoms with Crippen LogP contribution in [0.3, 0.4) is 0 Å². The van der Waals surface area contributed by atoms with Crippen molar-refractivity contribution in [3.05, 3.63) is 35.4 Å². The molecule has 0 saturated heterocycles.